The van der Waals surface area contributed by atoms with Crippen molar-refractivity contribution < 1.29 is 53.8 Å². The summed E-state index contributed by atoms with van der Waals surface area (Å²) in [6, 6.07) is 0. The van der Waals surface area contributed by atoms with Gasteiger partial charge >= 0.3 is 17.9 Å². The molecule has 5 N–H and O–H groups in total. The number of aliphatic hydroxyl groups is 1. The Balaban J connectivity index is 4.31. The summed E-state index contributed by atoms with van der Waals surface area (Å²) in [5.74, 6) is -3.10. The number of rotatable bonds is 30. The average molecular weight is 569 g/mol. The number of ether oxygens (including phenoxy) is 4. The highest BCUT2D eigenvalue weighted by Gasteiger charge is 2.13. The number of carbonyl (C=O) groups is 3. The van der Waals surface area contributed by atoms with E-state index in [9.17, 15) is 14.4 Å². The first kappa shape index (κ1) is 37.0. The molecule has 15 heteroatoms. The molecule has 0 unspecified atom stereocenters. The van der Waals surface area contributed by atoms with E-state index in [1.807, 2.05) is 7.05 Å². The lowest BCUT2D eigenvalue weighted by molar-refractivity contribution is -0.142. The van der Waals surface area contributed by atoms with E-state index in [2.05, 4.69) is 10.2 Å². The second kappa shape index (κ2) is 26.3. The summed E-state index contributed by atoms with van der Waals surface area (Å²) in [7, 11) is 1.84. The molecule has 0 saturated heterocycles. The molecule has 0 radical (unpaired) electrons. The van der Waals surface area contributed by atoms with Crippen LogP contribution in [0.25, 0.3) is 0 Å². The third kappa shape index (κ3) is 26.1. The van der Waals surface area contributed by atoms with Crippen molar-refractivity contribution in [3.8, 4) is 0 Å². The van der Waals surface area contributed by atoms with E-state index in [4.69, 9.17) is 39.4 Å². The fraction of sp³-hybridized carbons (Fsp3) is 0.875. The molecule has 0 amide bonds. The Kier molecular flexibility index (Phi) is 25.0. The van der Waals surface area contributed by atoms with E-state index in [0.29, 0.717) is 72.4 Å². The molecule has 15 nitrogen and oxygen atoms in total. The fourth-order valence-corrected chi connectivity index (χ4v) is 3.40. The van der Waals surface area contributed by atoms with Gasteiger partial charge in [-0.2, -0.15) is 0 Å². The van der Waals surface area contributed by atoms with Crippen molar-refractivity contribution in [1.29, 1.82) is 0 Å². The molecule has 230 valence electrons. The van der Waals surface area contributed by atoms with Gasteiger partial charge in [0.15, 0.2) is 0 Å². The summed E-state index contributed by atoms with van der Waals surface area (Å²) < 4.78 is 22.1. The minimum Gasteiger partial charge on any atom is -0.480 e. The summed E-state index contributed by atoms with van der Waals surface area (Å²) in [6.45, 7) is 6.10. The van der Waals surface area contributed by atoms with E-state index in [0.717, 1.165) is 13.0 Å². The summed E-state index contributed by atoms with van der Waals surface area (Å²) in [4.78, 5) is 38.0. The average Bonchev–Trinajstić information content (AvgIpc) is 2.86. The van der Waals surface area contributed by atoms with Crippen LogP contribution in [0, 0.1) is 0 Å². The van der Waals surface area contributed by atoms with Gasteiger partial charge in [-0.05, 0) is 13.5 Å². The van der Waals surface area contributed by atoms with Gasteiger partial charge in [-0.15, -0.1) is 0 Å². The molecular weight excluding hydrogens is 520 g/mol. The highest BCUT2D eigenvalue weighted by molar-refractivity contribution is 5.72. The number of likely N-dealkylation sites (N-methyl/N-ethyl adjacent to an activating group) is 1. The maximum atomic E-state index is 11.1. The van der Waals surface area contributed by atoms with Crippen molar-refractivity contribution in [2.75, 3.05) is 132 Å². The predicted octanol–water partition coefficient (Wildman–Crippen LogP) is -2.19. The van der Waals surface area contributed by atoms with E-state index in [1.165, 1.54) is 4.90 Å². The minimum atomic E-state index is -1.10. The van der Waals surface area contributed by atoms with Gasteiger partial charge in [0, 0.05) is 52.4 Å². The first-order chi connectivity index (χ1) is 18.8. The monoisotopic (exact) mass is 568 g/mol. The van der Waals surface area contributed by atoms with Gasteiger partial charge in [0.1, 0.15) is 0 Å². The van der Waals surface area contributed by atoms with Crippen molar-refractivity contribution in [3.63, 3.8) is 0 Å². The Morgan fingerprint density at radius 3 is 1.46 bits per heavy atom. The highest BCUT2D eigenvalue weighted by Crippen LogP contribution is 1.97. The lowest BCUT2D eigenvalue weighted by atomic mass is 10.3. The topological polar surface area (TPSA) is 191 Å². The largest absolute Gasteiger partial charge is 0.480 e. The van der Waals surface area contributed by atoms with Crippen LogP contribution >= 0.6 is 0 Å². The number of aliphatic carboxylic acids is 3. The van der Waals surface area contributed by atoms with Crippen LogP contribution in [0.3, 0.4) is 0 Å². The molecule has 0 fully saturated rings. The van der Waals surface area contributed by atoms with Crippen molar-refractivity contribution >= 4 is 17.9 Å². The van der Waals surface area contributed by atoms with Gasteiger partial charge in [0.05, 0.1) is 72.5 Å². The highest BCUT2D eigenvalue weighted by atomic mass is 16.5. The molecule has 0 heterocycles. The van der Waals surface area contributed by atoms with Crippen LogP contribution in [0.1, 0.15) is 6.42 Å². The first-order valence-corrected chi connectivity index (χ1v) is 13.2. The quantitative estimate of drug-likeness (QED) is 0.0587. The zero-order chi connectivity index (χ0) is 29.1. The van der Waals surface area contributed by atoms with Gasteiger partial charge in [0.2, 0.25) is 0 Å². The molecule has 0 aliphatic rings. The number of carboxylic acid groups (broad SMARTS) is 3. The summed E-state index contributed by atoms with van der Waals surface area (Å²) in [5.41, 5.74) is 0. The number of aliphatic hydroxyl groups excluding tert-OH is 1. The van der Waals surface area contributed by atoms with Crippen LogP contribution in [-0.4, -0.2) is 185 Å². The predicted molar refractivity (Wildman–Crippen MR) is 141 cm³/mol. The number of nitrogens with zero attached hydrogens (tertiary/aromatic N) is 3. The molecule has 0 spiro atoms. The molecule has 0 aliphatic heterocycles. The van der Waals surface area contributed by atoms with Crippen LogP contribution in [0.5, 0.6) is 0 Å². The molecule has 0 saturated carbocycles. The molecule has 0 aromatic rings. The normalized spacial score (nSPS) is 11.6. The Morgan fingerprint density at radius 2 is 0.974 bits per heavy atom. The van der Waals surface area contributed by atoms with Crippen LogP contribution in [-0.2, 0) is 33.3 Å². The maximum Gasteiger partial charge on any atom is 0.317 e. The first-order valence-electron chi connectivity index (χ1n) is 13.2. The third-order valence-electron chi connectivity index (χ3n) is 5.33. The minimum absolute atomic E-state index is 0.0545. The second-order valence-electron chi connectivity index (χ2n) is 8.64. The van der Waals surface area contributed by atoms with Crippen LogP contribution in [0.15, 0.2) is 0 Å². The van der Waals surface area contributed by atoms with Gasteiger partial charge in [-0.1, -0.05) is 0 Å². The standard InChI is InChI=1S/C24H48N4O11/c1-25-3-12-37-16-8-27(19-22(30)31)7-15-36-11-2-4-26(6-14-39-18-10-29)5-13-38-17-9-28(20-23(32)33)21-24(34)35/h25,29H,2-21H2,1H3,(H,30,31)(H,32,33)(H,34,35). The van der Waals surface area contributed by atoms with E-state index in [1.54, 1.807) is 4.90 Å². The molecule has 0 bridgehead atoms. The summed E-state index contributed by atoms with van der Waals surface area (Å²) in [6.07, 6.45) is 0.733. The van der Waals surface area contributed by atoms with Crippen molar-refractivity contribution in [2.24, 2.45) is 0 Å². The Bertz CT molecular complexity index is 615. The summed E-state index contributed by atoms with van der Waals surface area (Å²) in [5, 5.41) is 38.8. The van der Waals surface area contributed by atoms with Gasteiger partial charge in [0.25, 0.3) is 0 Å². The molecule has 39 heavy (non-hydrogen) atoms. The van der Waals surface area contributed by atoms with Crippen molar-refractivity contribution in [2.45, 2.75) is 6.42 Å². The Hall–Kier alpha value is -1.95. The molecule has 0 rings (SSSR count). The number of nitrogens with one attached hydrogen (secondary N) is 1. The number of hydrogen-bond donors (Lipinski definition) is 5. The fourth-order valence-electron chi connectivity index (χ4n) is 3.40. The van der Waals surface area contributed by atoms with Gasteiger partial charge in [-0.25, -0.2) is 0 Å². The number of carboxylic acids is 3. The Labute approximate surface area is 230 Å². The van der Waals surface area contributed by atoms with E-state index in [-0.39, 0.29) is 46.0 Å². The zero-order valence-corrected chi connectivity index (χ0v) is 23.1. The zero-order valence-electron chi connectivity index (χ0n) is 23.1. The van der Waals surface area contributed by atoms with E-state index >= 15 is 0 Å². The maximum absolute atomic E-state index is 11.1. The van der Waals surface area contributed by atoms with E-state index < -0.39 is 17.9 Å². The van der Waals surface area contributed by atoms with Crippen LogP contribution in [0.4, 0.5) is 0 Å². The van der Waals surface area contributed by atoms with Crippen molar-refractivity contribution in [1.82, 2.24) is 20.0 Å². The van der Waals surface area contributed by atoms with Gasteiger partial charge < -0.3 is 44.7 Å². The van der Waals surface area contributed by atoms with Crippen LogP contribution in [0.2, 0.25) is 0 Å². The molecule has 0 aromatic heterocycles. The number of hydrogen-bond acceptors (Lipinski definition) is 12. The van der Waals surface area contributed by atoms with Crippen molar-refractivity contribution in [3.05, 3.63) is 0 Å². The van der Waals surface area contributed by atoms with Crippen LogP contribution < -0.4 is 5.32 Å². The lowest BCUT2D eigenvalue weighted by Gasteiger charge is -2.23. The molecule has 0 aromatic carbocycles. The smallest absolute Gasteiger partial charge is 0.317 e. The molecule has 0 aliphatic carbocycles. The van der Waals surface area contributed by atoms with Gasteiger partial charge in [-0.3, -0.25) is 29.1 Å². The second-order valence-corrected chi connectivity index (χ2v) is 8.64. The SMILES string of the molecule is CNCCOCCN(CCOCCCN(CCOCCO)CCOCCN(CC(=O)O)CC(=O)O)CC(=O)O. The third-order valence-corrected chi connectivity index (χ3v) is 5.33. The summed E-state index contributed by atoms with van der Waals surface area (Å²) >= 11 is 0. The Morgan fingerprint density at radius 1 is 0.564 bits per heavy atom. The molecule has 0 atom stereocenters. The molecular formula is C24H48N4O11. The lowest BCUT2D eigenvalue weighted by Crippen LogP contribution is -2.37.